The SMILES string of the molecule is CCc1cn(-c2ccc(OCc3ccccc3)cc2)c2ccccc12. The van der Waals surface area contributed by atoms with Gasteiger partial charge in [0.2, 0.25) is 0 Å². The van der Waals surface area contributed by atoms with Crippen LogP contribution in [-0.4, -0.2) is 4.57 Å². The number of rotatable bonds is 5. The van der Waals surface area contributed by atoms with Crippen molar-refractivity contribution in [3.05, 3.63) is 96.2 Å². The van der Waals surface area contributed by atoms with Gasteiger partial charge in [-0.2, -0.15) is 0 Å². The predicted octanol–water partition coefficient (Wildman–Crippen LogP) is 5.77. The monoisotopic (exact) mass is 327 g/mol. The van der Waals surface area contributed by atoms with Gasteiger partial charge in [0.25, 0.3) is 0 Å². The minimum Gasteiger partial charge on any atom is -0.489 e. The molecule has 0 N–H and O–H groups in total. The smallest absolute Gasteiger partial charge is 0.119 e. The van der Waals surface area contributed by atoms with Crippen LogP contribution in [0.4, 0.5) is 0 Å². The molecule has 0 radical (unpaired) electrons. The Bertz CT molecular complexity index is 968. The minimum absolute atomic E-state index is 0.590. The van der Waals surface area contributed by atoms with Crippen molar-refractivity contribution in [1.29, 1.82) is 0 Å². The Labute approximate surface area is 148 Å². The number of ether oxygens (including phenoxy) is 1. The predicted molar refractivity (Wildman–Crippen MR) is 103 cm³/mol. The van der Waals surface area contributed by atoms with E-state index in [9.17, 15) is 0 Å². The molecule has 0 spiro atoms. The normalized spacial score (nSPS) is 10.9. The summed E-state index contributed by atoms with van der Waals surface area (Å²) in [5.74, 6) is 0.889. The molecule has 0 atom stereocenters. The van der Waals surface area contributed by atoms with E-state index in [4.69, 9.17) is 4.74 Å². The lowest BCUT2D eigenvalue weighted by molar-refractivity contribution is 0.306. The highest BCUT2D eigenvalue weighted by Gasteiger charge is 2.08. The van der Waals surface area contributed by atoms with E-state index in [1.807, 2.05) is 30.3 Å². The van der Waals surface area contributed by atoms with Gasteiger partial charge in [0.15, 0.2) is 0 Å². The lowest BCUT2D eigenvalue weighted by Gasteiger charge is -2.09. The molecule has 0 unspecified atom stereocenters. The second-order valence-corrected chi connectivity index (χ2v) is 6.16. The van der Waals surface area contributed by atoms with Crippen molar-refractivity contribution in [3.8, 4) is 11.4 Å². The van der Waals surface area contributed by atoms with Gasteiger partial charge in [-0.15, -0.1) is 0 Å². The maximum atomic E-state index is 5.89. The van der Waals surface area contributed by atoms with Gasteiger partial charge in [-0.3, -0.25) is 0 Å². The van der Waals surface area contributed by atoms with Gasteiger partial charge in [0.1, 0.15) is 12.4 Å². The van der Waals surface area contributed by atoms with Gasteiger partial charge < -0.3 is 9.30 Å². The Morgan fingerprint density at radius 1 is 0.800 bits per heavy atom. The van der Waals surface area contributed by atoms with Crippen LogP contribution in [-0.2, 0) is 13.0 Å². The molecule has 0 aliphatic carbocycles. The Morgan fingerprint density at radius 2 is 1.52 bits per heavy atom. The highest BCUT2D eigenvalue weighted by atomic mass is 16.5. The van der Waals surface area contributed by atoms with Crippen molar-refractivity contribution in [1.82, 2.24) is 4.57 Å². The van der Waals surface area contributed by atoms with Crippen molar-refractivity contribution in [2.24, 2.45) is 0 Å². The van der Waals surface area contributed by atoms with E-state index in [0.717, 1.165) is 17.9 Å². The van der Waals surface area contributed by atoms with E-state index in [1.54, 1.807) is 0 Å². The lowest BCUT2D eigenvalue weighted by atomic mass is 10.1. The standard InChI is InChI=1S/C23H21NO/c1-2-19-16-24(23-11-7-6-10-22(19)23)20-12-14-21(15-13-20)25-17-18-8-4-3-5-9-18/h3-16H,2,17H2,1H3. The first-order valence-electron chi connectivity index (χ1n) is 8.71. The molecule has 0 aliphatic heterocycles. The molecule has 1 aromatic heterocycles. The highest BCUT2D eigenvalue weighted by Crippen LogP contribution is 2.26. The van der Waals surface area contributed by atoms with E-state index in [1.165, 1.54) is 22.0 Å². The topological polar surface area (TPSA) is 14.2 Å². The van der Waals surface area contributed by atoms with Gasteiger partial charge >= 0.3 is 0 Å². The van der Waals surface area contributed by atoms with Gasteiger partial charge in [-0.1, -0.05) is 55.5 Å². The average Bonchev–Trinajstić information content (AvgIpc) is 3.06. The summed E-state index contributed by atoms with van der Waals surface area (Å²) in [5, 5.41) is 1.33. The quantitative estimate of drug-likeness (QED) is 0.454. The van der Waals surface area contributed by atoms with Crippen LogP contribution in [0.3, 0.4) is 0 Å². The molecule has 1 heterocycles. The fraction of sp³-hybridized carbons (Fsp3) is 0.130. The van der Waals surface area contributed by atoms with Crippen molar-refractivity contribution in [2.45, 2.75) is 20.0 Å². The molecule has 3 aromatic carbocycles. The molecule has 0 fully saturated rings. The summed E-state index contributed by atoms with van der Waals surface area (Å²) in [6.45, 7) is 2.79. The molecule has 0 aliphatic rings. The van der Waals surface area contributed by atoms with Crippen LogP contribution in [0.5, 0.6) is 5.75 Å². The van der Waals surface area contributed by atoms with Crippen molar-refractivity contribution < 1.29 is 4.74 Å². The third-order valence-corrected chi connectivity index (χ3v) is 4.54. The fourth-order valence-electron chi connectivity index (χ4n) is 3.19. The van der Waals surface area contributed by atoms with Gasteiger partial charge in [0.05, 0.1) is 5.52 Å². The molecular weight excluding hydrogens is 306 g/mol. The molecule has 4 aromatic rings. The van der Waals surface area contributed by atoms with E-state index in [0.29, 0.717) is 6.61 Å². The zero-order valence-corrected chi connectivity index (χ0v) is 14.4. The summed E-state index contributed by atoms with van der Waals surface area (Å²) < 4.78 is 8.15. The number of benzene rings is 3. The first kappa shape index (κ1) is 15.5. The van der Waals surface area contributed by atoms with Gasteiger partial charge in [-0.25, -0.2) is 0 Å². The van der Waals surface area contributed by atoms with Crippen LogP contribution in [0.1, 0.15) is 18.1 Å². The summed E-state index contributed by atoms with van der Waals surface area (Å²) in [6, 6.07) is 27.1. The molecule has 25 heavy (non-hydrogen) atoms. The third-order valence-electron chi connectivity index (χ3n) is 4.54. The molecule has 124 valence electrons. The average molecular weight is 327 g/mol. The minimum atomic E-state index is 0.590. The van der Waals surface area contributed by atoms with Crippen molar-refractivity contribution >= 4 is 10.9 Å². The first-order valence-corrected chi connectivity index (χ1v) is 8.71. The molecular formula is C23H21NO. The molecule has 4 rings (SSSR count). The van der Waals surface area contributed by atoms with Crippen molar-refractivity contribution in [2.75, 3.05) is 0 Å². The molecule has 2 nitrogen and oxygen atoms in total. The van der Waals surface area contributed by atoms with Crippen LogP contribution >= 0.6 is 0 Å². The number of aromatic nitrogens is 1. The molecule has 0 bridgehead atoms. The Kier molecular flexibility index (Phi) is 4.26. The van der Waals surface area contributed by atoms with Crippen molar-refractivity contribution in [3.63, 3.8) is 0 Å². The Balaban J connectivity index is 1.58. The summed E-state index contributed by atoms with van der Waals surface area (Å²) in [6.07, 6.45) is 3.27. The summed E-state index contributed by atoms with van der Waals surface area (Å²) >= 11 is 0. The summed E-state index contributed by atoms with van der Waals surface area (Å²) in [7, 11) is 0. The number of aryl methyl sites for hydroxylation is 1. The van der Waals surface area contributed by atoms with Gasteiger partial charge in [0, 0.05) is 17.3 Å². The maximum Gasteiger partial charge on any atom is 0.119 e. The third kappa shape index (κ3) is 3.16. The maximum absolute atomic E-state index is 5.89. The van der Waals surface area contributed by atoms with Crippen LogP contribution in [0.15, 0.2) is 85.1 Å². The largest absolute Gasteiger partial charge is 0.489 e. The fourth-order valence-corrected chi connectivity index (χ4v) is 3.19. The van der Waals surface area contributed by atoms with Gasteiger partial charge in [-0.05, 0) is 47.9 Å². The molecule has 0 saturated carbocycles. The second kappa shape index (κ2) is 6.86. The molecule has 2 heteroatoms. The van der Waals surface area contributed by atoms with Crippen LogP contribution < -0.4 is 4.74 Å². The Hall–Kier alpha value is -3.00. The summed E-state index contributed by atoms with van der Waals surface area (Å²) in [4.78, 5) is 0. The van der Waals surface area contributed by atoms with E-state index >= 15 is 0 Å². The van der Waals surface area contributed by atoms with E-state index in [-0.39, 0.29) is 0 Å². The number of nitrogens with zero attached hydrogens (tertiary/aromatic N) is 1. The van der Waals surface area contributed by atoms with Crippen LogP contribution in [0, 0.1) is 0 Å². The molecule has 0 amide bonds. The number of para-hydroxylation sites is 1. The summed E-state index contributed by atoms with van der Waals surface area (Å²) in [5.41, 5.74) is 4.95. The first-order chi connectivity index (χ1) is 12.3. The second-order valence-electron chi connectivity index (χ2n) is 6.16. The lowest BCUT2D eigenvalue weighted by Crippen LogP contribution is -1.96. The number of fused-ring (bicyclic) bond motifs is 1. The zero-order valence-electron chi connectivity index (χ0n) is 14.4. The van der Waals surface area contributed by atoms with E-state index in [2.05, 4.69) is 66.2 Å². The molecule has 0 saturated heterocycles. The van der Waals surface area contributed by atoms with Crippen LogP contribution in [0.25, 0.3) is 16.6 Å². The van der Waals surface area contributed by atoms with Crippen LogP contribution in [0.2, 0.25) is 0 Å². The van der Waals surface area contributed by atoms with E-state index < -0.39 is 0 Å². The zero-order chi connectivity index (χ0) is 17.1. The number of hydrogen-bond acceptors (Lipinski definition) is 1. The Morgan fingerprint density at radius 3 is 2.28 bits per heavy atom. The highest BCUT2D eigenvalue weighted by molar-refractivity contribution is 5.85. The number of hydrogen-bond donors (Lipinski definition) is 0.